The van der Waals surface area contributed by atoms with Crippen molar-refractivity contribution >= 4 is 11.9 Å². The fourth-order valence-corrected chi connectivity index (χ4v) is 2.38. The predicted molar refractivity (Wildman–Crippen MR) is 71.5 cm³/mol. The predicted octanol–water partition coefficient (Wildman–Crippen LogP) is 1.18. The molecule has 1 amide bonds. The maximum Gasteiger partial charge on any atom is 0.307 e. The summed E-state index contributed by atoms with van der Waals surface area (Å²) in [7, 11) is 0. The SMILES string of the molecule is CC(C)C(CCO)NC(=O)C1CC=CCC1C(=O)O. The normalized spacial score (nSPS) is 24.2. The Morgan fingerprint density at radius 3 is 2.32 bits per heavy atom. The average Bonchev–Trinajstić information content (AvgIpc) is 2.37. The van der Waals surface area contributed by atoms with Gasteiger partial charge in [0.2, 0.25) is 5.91 Å². The molecule has 0 aromatic carbocycles. The summed E-state index contributed by atoms with van der Waals surface area (Å²) in [5.74, 6) is -2.09. The monoisotopic (exact) mass is 269 g/mol. The Balaban J connectivity index is 2.69. The van der Waals surface area contributed by atoms with Gasteiger partial charge < -0.3 is 15.5 Å². The molecular formula is C14H23NO4. The molecule has 1 aliphatic carbocycles. The molecule has 5 nitrogen and oxygen atoms in total. The maximum atomic E-state index is 12.2. The van der Waals surface area contributed by atoms with Gasteiger partial charge in [0, 0.05) is 12.6 Å². The zero-order chi connectivity index (χ0) is 14.4. The lowest BCUT2D eigenvalue weighted by Crippen LogP contribution is -2.45. The molecule has 0 heterocycles. The Morgan fingerprint density at radius 1 is 1.26 bits per heavy atom. The van der Waals surface area contributed by atoms with Gasteiger partial charge in [-0.1, -0.05) is 26.0 Å². The number of nitrogens with one attached hydrogen (secondary N) is 1. The number of hydrogen-bond acceptors (Lipinski definition) is 3. The van der Waals surface area contributed by atoms with E-state index in [0.29, 0.717) is 19.3 Å². The van der Waals surface area contributed by atoms with Crippen molar-refractivity contribution in [1.29, 1.82) is 0 Å². The first-order valence-electron chi connectivity index (χ1n) is 6.76. The highest BCUT2D eigenvalue weighted by atomic mass is 16.4. The molecule has 0 aliphatic heterocycles. The van der Waals surface area contributed by atoms with Gasteiger partial charge in [0.05, 0.1) is 11.8 Å². The lowest BCUT2D eigenvalue weighted by Gasteiger charge is -2.28. The number of carboxylic acid groups (broad SMARTS) is 1. The molecule has 1 rings (SSSR count). The number of carbonyl (C=O) groups excluding carboxylic acids is 1. The van der Waals surface area contributed by atoms with Crippen LogP contribution in [-0.4, -0.2) is 34.7 Å². The largest absolute Gasteiger partial charge is 0.481 e. The van der Waals surface area contributed by atoms with E-state index in [2.05, 4.69) is 5.32 Å². The summed E-state index contributed by atoms with van der Waals surface area (Å²) >= 11 is 0. The fraction of sp³-hybridized carbons (Fsp3) is 0.714. The van der Waals surface area contributed by atoms with E-state index in [1.807, 2.05) is 26.0 Å². The second-order valence-corrected chi connectivity index (χ2v) is 5.37. The zero-order valence-corrected chi connectivity index (χ0v) is 11.5. The van der Waals surface area contributed by atoms with Crippen LogP contribution in [0.15, 0.2) is 12.2 Å². The molecule has 5 heteroatoms. The number of hydrogen-bond donors (Lipinski definition) is 3. The van der Waals surface area contributed by atoms with Crippen molar-refractivity contribution in [2.24, 2.45) is 17.8 Å². The molecule has 0 radical (unpaired) electrons. The van der Waals surface area contributed by atoms with Gasteiger partial charge in [-0.3, -0.25) is 9.59 Å². The first kappa shape index (κ1) is 15.7. The summed E-state index contributed by atoms with van der Waals surface area (Å²) in [5, 5.41) is 21.0. The molecule has 1 aliphatic rings. The van der Waals surface area contributed by atoms with Crippen LogP contribution in [0.1, 0.15) is 33.1 Å². The number of aliphatic hydroxyl groups excluding tert-OH is 1. The van der Waals surface area contributed by atoms with Gasteiger partial charge in [-0.05, 0) is 25.2 Å². The molecule has 3 unspecified atom stereocenters. The second-order valence-electron chi connectivity index (χ2n) is 5.37. The third kappa shape index (κ3) is 4.35. The van der Waals surface area contributed by atoms with Gasteiger partial charge >= 0.3 is 5.97 Å². The molecule has 0 saturated heterocycles. The molecule has 19 heavy (non-hydrogen) atoms. The Bertz CT molecular complexity index is 351. The molecule has 0 aromatic rings. The summed E-state index contributed by atoms with van der Waals surface area (Å²) in [6.07, 6.45) is 5.03. The number of carboxylic acids is 1. The minimum absolute atomic E-state index is 0.00998. The molecule has 0 spiro atoms. The Labute approximate surface area is 113 Å². The summed E-state index contributed by atoms with van der Waals surface area (Å²) in [5.41, 5.74) is 0. The minimum Gasteiger partial charge on any atom is -0.481 e. The zero-order valence-electron chi connectivity index (χ0n) is 11.5. The van der Waals surface area contributed by atoms with E-state index in [9.17, 15) is 9.59 Å². The Kier molecular flexibility index (Phi) is 6.02. The van der Waals surface area contributed by atoms with Crippen LogP contribution in [0.4, 0.5) is 0 Å². The van der Waals surface area contributed by atoms with E-state index >= 15 is 0 Å². The van der Waals surface area contributed by atoms with Crippen molar-refractivity contribution in [3.05, 3.63) is 12.2 Å². The van der Waals surface area contributed by atoms with Crippen LogP contribution < -0.4 is 5.32 Å². The smallest absolute Gasteiger partial charge is 0.307 e. The third-order valence-corrected chi connectivity index (χ3v) is 3.66. The van der Waals surface area contributed by atoms with Crippen molar-refractivity contribution in [1.82, 2.24) is 5.32 Å². The number of rotatable bonds is 6. The highest BCUT2D eigenvalue weighted by molar-refractivity contribution is 5.85. The number of aliphatic carboxylic acids is 1. The van der Waals surface area contributed by atoms with Gasteiger partial charge in [-0.2, -0.15) is 0 Å². The van der Waals surface area contributed by atoms with Crippen LogP contribution in [0, 0.1) is 17.8 Å². The van der Waals surface area contributed by atoms with Crippen molar-refractivity contribution in [2.75, 3.05) is 6.61 Å². The molecule has 108 valence electrons. The quantitative estimate of drug-likeness (QED) is 0.632. The van der Waals surface area contributed by atoms with Gasteiger partial charge in [0.1, 0.15) is 0 Å². The van der Waals surface area contributed by atoms with Crippen LogP contribution in [0.25, 0.3) is 0 Å². The molecular weight excluding hydrogens is 246 g/mol. The topological polar surface area (TPSA) is 86.6 Å². The lowest BCUT2D eigenvalue weighted by atomic mass is 9.82. The maximum absolute atomic E-state index is 12.2. The fourth-order valence-electron chi connectivity index (χ4n) is 2.38. The number of carbonyl (C=O) groups is 2. The number of allylic oxidation sites excluding steroid dienone is 2. The van der Waals surface area contributed by atoms with E-state index < -0.39 is 17.8 Å². The summed E-state index contributed by atoms with van der Waals surface area (Å²) < 4.78 is 0. The first-order valence-corrected chi connectivity index (χ1v) is 6.76. The van der Waals surface area contributed by atoms with Crippen LogP contribution >= 0.6 is 0 Å². The Morgan fingerprint density at radius 2 is 1.84 bits per heavy atom. The van der Waals surface area contributed by atoms with Crippen LogP contribution in [0.3, 0.4) is 0 Å². The van der Waals surface area contributed by atoms with Gasteiger partial charge in [-0.15, -0.1) is 0 Å². The summed E-state index contributed by atoms with van der Waals surface area (Å²) in [4.78, 5) is 23.4. The summed E-state index contributed by atoms with van der Waals surface area (Å²) in [6, 6.07) is -0.113. The average molecular weight is 269 g/mol. The van der Waals surface area contributed by atoms with Crippen LogP contribution in [-0.2, 0) is 9.59 Å². The van der Waals surface area contributed by atoms with Gasteiger partial charge in [-0.25, -0.2) is 0 Å². The first-order chi connectivity index (χ1) is 8.97. The van der Waals surface area contributed by atoms with E-state index in [4.69, 9.17) is 10.2 Å². The van der Waals surface area contributed by atoms with E-state index in [0.717, 1.165) is 0 Å². The standard InChI is InChI=1S/C14H23NO4/c1-9(2)12(7-8-16)15-13(17)10-5-3-4-6-11(10)14(18)19/h3-4,9-12,16H,5-8H2,1-2H3,(H,15,17)(H,18,19). The van der Waals surface area contributed by atoms with Gasteiger partial charge in [0.25, 0.3) is 0 Å². The van der Waals surface area contributed by atoms with Crippen LogP contribution in [0.5, 0.6) is 0 Å². The third-order valence-electron chi connectivity index (χ3n) is 3.66. The van der Waals surface area contributed by atoms with Crippen LogP contribution in [0.2, 0.25) is 0 Å². The minimum atomic E-state index is -0.923. The number of aliphatic hydroxyl groups is 1. The lowest BCUT2D eigenvalue weighted by molar-refractivity contribution is -0.147. The summed E-state index contributed by atoms with van der Waals surface area (Å²) in [6.45, 7) is 3.95. The Hall–Kier alpha value is -1.36. The van der Waals surface area contributed by atoms with E-state index in [1.165, 1.54) is 0 Å². The highest BCUT2D eigenvalue weighted by Gasteiger charge is 2.34. The molecule has 0 aromatic heterocycles. The van der Waals surface area contributed by atoms with Crippen molar-refractivity contribution in [3.8, 4) is 0 Å². The number of amides is 1. The molecule has 3 atom stereocenters. The highest BCUT2D eigenvalue weighted by Crippen LogP contribution is 2.26. The van der Waals surface area contributed by atoms with Crippen molar-refractivity contribution < 1.29 is 19.8 Å². The molecule has 0 bridgehead atoms. The van der Waals surface area contributed by atoms with Crippen molar-refractivity contribution in [2.45, 2.75) is 39.2 Å². The van der Waals surface area contributed by atoms with E-state index in [-0.39, 0.29) is 24.5 Å². The molecule has 0 saturated carbocycles. The molecule has 0 fully saturated rings. The van der Waals surface area contributed by atoms with Crippen molar-refractivity contribution in [3.63, 3.8) is 0 Å². The molecule has 3 N–H and O–H groups in total. The van der Waals surface area contributed by atoms with Gasteiger partial charge in [0.15, 0.2) is 0 Å². The second kappa shape index (κ2) is 7.28. The van der Waals surface area contributed by atoms with E-state index in [1.54, 1.807) is 0 Å².